The highest BCUT2D eigenvalue weighted by molar-refractivity contribution is 5.85. The van der Waals surface area contributed by atoms with Gasteiger partial charge in [-0.1, -0.05) is 66.5 Å². The molecule has 0 amide bonds. The van der Waals surface area contributed by atoms with Gasteiger partial charge in [0.25, 0.3) is 0 Å². The van der Waals surface area contributed by atoms with Gasteiger partial charge in [-0.25, -0.2) is 0 Å². The van der Waals surface area contributed by atoms with Gasteiger partial charge in [-0.3, -0.25) is 9.98 Å². The molecule has 0 radical (unpaired) electrons. The van der Waals surface area contributed by atoms with Gasteiger partial charge in [0.1, 0.15) is 11.5 Å². The molecule has 2 unspecified atom stereocenters. The molecule has 4 nitrogen and oxygen atoms in total. The predicted molar refractivity (Wildman–Crippen MR) is 153 cm³/mol. The fraction of sp³-hybridized carbons (Fsp3) is 0.562. The quantitative estimate of drug-likeness (QED) is 0.408. The van der Waals surface area contributed by atoms with Crippen molar-refractivity contribution in [2.75, 3.05) is 13.1 Å². The van der Waals surface area contributed by atoms with E-state index in [4.69, 9.17) is 9.98 Å². The summed E-state index contributed by atoms with van der Waals surface area (Å²) in [5, 5.41) is 21.7. The Labute approximate surface area is 218 Å². The van der Waals surface area contributed by atoms with E-state index < -0.39 is 0 Å². The van der Waals surface area contributed by atoms with E-state index in [0.717, 1.165) is 59.3 Å². The number of rotatable bonds is 6. The molecule has 0 spiro atoms. The number of phenols is 2. The van der Waals surface area contributed by atoms with Crippen molar-refractivity contribution in [3.05, 3.63) is 57.6 Å². The second kappa shape index (κ2) is 11.2. The summed E-state index contributed by atoms with van der Waals surface area (Å²) in [4.78, 5) is 9.59. The molecule has 2 aromatic rings. The lowest BCUT2D eigenvalue weighted by atomic mass is 9.79. The number of aliphatic imine (C=N–C) groups is 2. The second-order valence-corrected chi connectivity index (χ2v) is 12.8. The van der Waals surface area contributed by atoms with Crippen LogP contribution in [0.4, 0.5) is 0 Å². The molecule has 36 heavy (non-hydrogen) atoms. The standard InChI is InChI=1S/C32H46N2O2/c1-21-13-25(29(35)27(15-21)31(3,4)5)19-33-17-23-11-9-10-12-24(23)18-34-20-26-14-22(2)16-28(30(26)36)32(6,7)8/h13-16,19-20,23-24,35-36H,9-12,17-18H2,1-8H3. The van der Waals surface area contributed by atoms with Crippen LogP contribution in [0.15, 0.2) is 34.3 Å². The topological polar surface area (TPSA) is 65.2 Å². The molecule has 2 aromatic carbocycles. The van der Waals surface area contributed by atoms with Crippen molar-refractivity contribution in [2.45, 2.75) is 91.9 Å². The van der Waals surface area contributed by atoms with Crippen molar-refractivity contribution >= 4 is 12.4 Å². The summed E-state index contributed by atoms with van der Waals surface area (Å²) >= 11 is 0. The van der Waals surface area contributed by atoms with Crippen molar-refractivity contribution < 1.29 is 10.2 Å². The van der Waals surface area contributed by atoms with Crippen molar-refractivity contribution in [1.82, 2.24) is 0 Å². The molecule has 2 N–H and O–H groups in total. The van der Waals surface area contributed by atoms with Crippen LogP contribution in [0.1, 0.15) is 101 Å². The largest absolute Gasteiger partial charge is 0.507 e. The zero-order valence-electron chi connectivity index (χ0n) is 23.7. The van der Waals surface area contributed by atoms with E-state index in [9.17, 15) is 10.2 Å². The minimum absolute atomic E-state index is 0.120. The number of hydrogen-bond donors (Lipinski definition) is 2. The van der Waals surface area contributed by atoms with Crippen molar-refractivity contribution in [3.63, 3.8) is 0 Å². The van der Waals surface area contributed by atoms with Crippen LogP contribution < -0.4 is 0 Å². The third-order valence-electron chi connectivity index (χ3n) is 7.39. The van der Waals surface area contributed by atoms with E-state index in [-0.39, 0.29) is 10.8 Å². The molecule has 3 rings (SSSR count). The lowest BCUT2D eigenvalue weighted by molar-refractivity contribution is 0.251. The van der Waals surface area contributed by atoms with Gasteiger partial charge in [-0.05, 0) is 72.6 Å². The van der Waals surface area contributed by atoms with Crippen molar-refractivity contribution in [2.24, 2.45) is 21.8 Å². The molecule has 0 aromatic heterocycles. The number of benzene rings is 2. The van der Waals surface area contributed by atoms with Crippen LogP contribution in [0.5, 0.6) is 11.5 Å². The van der Waals surface area contributed by atoms with Gasteiger partial charge in [-0.2, -0.15) is 0 Å². The van der Waals surface area contributed by atoms with E-state index in [2.05, 4.69) is 67.5 Å². The fourth-order valence-electron chi connectivity index (χ4n) is 5.29. The summed E-state index contributed by atoms with van der Waals surface area (Å²) in [6, 6.07) is 8.16. The highest BCUT2D eigenvalue weighted by Gasteiger charge is 2.25. The molecule has 1 saturated carbocycles. The van der Waals surface area contributed by atoms with Gasteiger partial charge < -0.3 is 10.2 Å². The van der Waals surface area contributed by atoms with E-state index in [1.807, 2.05) is 24.6 Å². The van der Waals surface area contributed by atoms with E-state index >= 15 is 0 Å². The van der Waals surface area contributed by atoms with Crippen LogP contribution >= 0.6 is 0 Å². The summed E-state index contributed by atoms with van der Waals surface area (Å²) < 4.78 is 0. The Morgan fingerprint density at radius 1 is 0.694 bits per heavy atom. The monoisotopic (exact) mass is 490 g/mol. The Bertz CT molecular complexity index is 1030. The highest BCUT2D eigenvalue weighted by Crippen LogP contribution is 2.35. The first-order chi connectivity index (χ1) is 16.8. The predicted octanol–water partition coefficient (Wildman–Crippen LogP) is 7.65. The minimum Gasteiger partial charge on any atom is -0.507 e. The molecule has 0 bridgehead atoms. The van der Waals surface area contributed by atoms with E-state index in [1.165, 1.54) is 12.8 Å². The normalized spacial score (nSPS) is 19.4. The minimum atomic E-state index is -0.120. The molecule has 196 valence electrons. The molecule has 0 heterocycles. The summed E-state index contributed by atoms with van der Waals surface area (Å²) in [6.45, 7) is 18.4. The second-order valence-electron chi connectivity index (χ2n) is 12.8. The first-order valence-electron chi connectivity index (χ1n) is 13.4. The Morgan fingerprint density at radius 3 is 1.39 bits per heavy atom. The molecule has 2 atom stereocenters. The molecule has 1 aliphatic carbocycles. The summed E-state index contributed by atoms with van der Waals surface area (Å²) in [5.41, 5.74) is 5.56. The molecular weight excluding hydrogens is 444 g/mol. The molecule has 1 fully saturated rings. The average molecular weight is 491 g/mol. The molecule has 4 heteroatoms. The van der Waals surface area contributed by atoms with E-state index in [0.29, 0.717) is 23.3 Å². The van der Waals surface area contributed by atoms with E-state index in [1.54, 1.807) is 0 Å². The number of aromatic hydroxyl groups is 2. The maximum Gasteiger partial charge on any atom is 0.128 e. The SMILES string of the molecule is Cc1cc(C=NCC2CCCCC2CN=Cc2cc(C)cc(C(C)(C)C)c2O)c(O)c(C(C)(C)C)c1. The molecule has 0 saturated heterocycles. The smallest absolute Gasteiger partial charge is 0.128 e. The molecule has 1 aliphatic rings. The van der Waals surface area contributed by atoms with Crippen molar-refractivity contribution in [1.29, 1.82) is 0 Å². The Balaban J connectivity index is 1.71. The van der Waals surface area contributed by atoms with Gasteiger partial charge in [-0.15, -0.1) is 0 Å². The zero-order valence-corrected chi connectivity index (χ0v) is 23.7. The maximum atomic E-state index is 10.8. The average Bonchev–Trinajstić information content (AvgIpc) is 2.77. The Morgan fingerprint density at radius 2 is 1.06 bits per heavy atom. The van der Waals surface area contributed by atoms with Crippen LogP contribution in [0.3, 0.4) is 0 Å². The molecule has 0 aliphatic heterocycles. The Kier molecular flexibility index (Phi) is 8.69. The number of nitrogens with zero attached hydrogens (tertiary/aromatic N) is 2. The first kappa shape index (κ1) is 28.0. The lowest BCUT2D eigenvalue weighted by Gasteiger charge is -2.29. The number of hydrogen-bond acceptors (Lipinski definition) is 4. The fourth-order valence-corrected chi connectivity index (χ4v) is 5.29. The van der Waals surface area contributed by atoms with Crippen LogP contribution in [-0.2, 0) is 10.8 Å². The number of aryl methyl sites for hydroxylation is 2. The van der Waals surface area contributed by atoms with Crippen molar-refractivity contribution in [3.8, 4) is 11.5 Å². The van der Waals surface area contributed by atoms with Crippen LogP contribution in [0, 0.1) is 25.7 Å². The third-order valence-corrected chi connectivity index (χ3v) is 7.39. The van der Waals surface area contributed by atoms with Gasteiger partial charge in [0.05, 0.1) is 0 Å². The maximum absolute atomic E-state index is 10.8. The van der Waals surface area contributed by atoms with Gasteiger partial charge >= 0.3 is 0 Å². The van der Waals surface area contributed by atoms with Gasteiger partial charge in [0, 0.05) is 47.8 Å². The van der Waals surface area contributed by atoms with Crippen LogP contribution in [-0.4, -0.2) is 35.7 Å². The first-order valence-corrected chi connectivity index (χ1v) is 13.4. The summed E-state index contributed by atoms with van der Waals surface area (Å²) in [7, 11) is 0. The summed E-state index contributed by atoms with van der Waals surface area (Å²) in [5.74, 6) is 1.65. The number of phenolic OH excluding ortho intramolecular Hbond substituents is 2. The highest BCUT2D eigenvalue weighted by atomic mass is 16.3. The lowest BCUT2D eigenvalue weighted by Crippen LogP contribution is -2.24. The van der Waals surface area contributed by atoms with Gasteiger partial charge in [0.15, 0.2) is 0 Å². The zero-order chi connectivity index (χ0) is 26.7. The van der Waals surface area contributed by atoms with Crippen LogP contribution in [0.2, 0.25) is 0 Å². The summed E-state index contributed by atoms with van der Waals surface area (Å²) in [6.07, 6.45) is 8.50. The van der Waals surface area contributed by atoms with Crippen LogP contribution in [0.25, 0.3) is 0 Å². The Hall–Kier alpha value is -2.62. The molecular formula is C32H46N2O2. The van der Waals surface area contributed by atoms with Gasteiger partial charge in [0.2, 0.25) is 0 Å². The third kappa shape index (κ3) is 6.99.